The summed E-state index contributed by atoms with van der Waals surface area (Å²) in [6.45, 7) is -1.32. The van der Waals surface area contributed by atoms with Crippen molar-refractivity contribution in [2.75, 3.05) is 68.5 Å². The van der Waals surface area contributed by atoms with Crippen LogP contribution in [0, 0.1) is 0 Å². The predicted octanol–water partition coefficient (Wildman–Crippen LogP) is 3.52. The number of halogens is 18. The molecule has 0 fully saturated rings. The van der Waals surface area contributed by atoms with Crippen LogP contribution in [0.1, 0.15) is 12.8 Å². The Balaban J connectivity index is -0.000000835. The number of nitrogens with zero attached hydrogens (tertiary/aromatic N) is 2. The van der Waals surface area contributed by atoms with Crippen LogP contribution in [-0.4, -0.2) is 158 Å². The van der Waals surface area contributed by atoms with E-state index in [1.165, 1.54) is 0 Å². The molecular weight excluding hydrogens is 862 g/mol. The van der Waals surface area contributed by atoms with Crippen LogP contribution >= 0.6 is 0 Å². The highest BCUT2D eigenvalue weighted by Gasteiger charge is 2.86. The van der Waals surface area contributed by atoms with Crippen molar-refractivity contribution in [2.45, 2.75) is 59.4 Å². The van der Waals surface area contributed by atoms with Crippen molar-refractivity contribution < 1.29 is 122 Å². The molecule has 0 radical (unpaired) electrons. The first-order valence-corrected chi connectivity index (χ1v) is 17.4. The Morgan fingerprint density at radius 1 is 0.434 bits per heavy atom. The van der Waals surface area contributed by atoms with Crippen molar-refractivity contribution in [3.63, 3.8) is 0 Å². The first-order chi connectivity index (χ1) is 22.4. The Morgan fingerprint density at radius 2 is 0.623 bits per heavy atom. The van der Waals surface area contributed by atoms with Gasteiger partial charge in [0, 0.05) is 36.3 Å². The van der Waals surface area contributed by atoms with E-state index in [0.29, 0.717) is 0 Å². The van der Waals surface area contributed by atoms with Gasteiger partial charge >= 0.3 is 46.6 Å². The third-order valence-corrected chi connectivity index (χ3v) is 8.53. The van der Waals surface area contributed by atoms with E-state index in [-0.39, 0.29) is 34.9 Å². The van der Waals surface area contributed by atoms with Crippen LogP contribution in [0.5, 0.6) is 0 Å². The maximum atomic E-state index is 13.3. The number of alkyl halides is 18. The number of quaternary nitrogens is 2. The Labute approximate surface area is 290 Å². The number of sulfonamides is 2. The van der Waals surface area contributed by atoms with Gasteiger partial charge in [0.05, 0.1) is 55.4 Å². The summed E-state index contributed by atoms with van der Waals surface area (Å²) in [7, 11) is -8.41. The Hall–Kier alpha value is -1.65. The number of hydrogen-bond donors (Lipinski definition) is 2. The second kappa shape index (κ2) is 17.2. The SMILES string of the molecule is C[N+](C)(C)CCCNS(=O)(=O)C(F)(F)C(F)(F)C(F)(F)C(F)(F)F.C[N+](C)(C)CCCNS(=O)(=O)C(F)(F)C(F)(F)C(F)(F)C(F)(F)F.O=S(=O)([O-])[O-]. The second-order valence-corrected chi connectivity index (χ2v) is 16.7. The van der Waals surface area contributed by atoms with E-state index in [4.69, 9.17) is 17.5 Å². The molecule has 324 valence electrons. The fourth-order valence-corrected chi connectivity index (χ4v) is 4.88. The molecule has 33 heteroatoms. The van der Waals surface area contributed by atoms with Gasteiger partial charge in [0.15, 0.2) is 0 Å². The average Bonchev–Trinajstić information content (AvgIpc) is 2.85. The molecule has 0 saturated heterocycles. The molecule has 0 aromatic rings. The number of nitrogens with one attached hydrogen (secondary N) is 2. The van der Waals surface area contributed by atoms with Crippen molar-refractivity contribution in [2.24, 2.45) is 0 Å². The van der Waals surface area contributed by atoms with E-state index in [2.05, 4.69) is 0 Å². The fraction of sp³-hybridized carbons (Fsp3) is 1.00. The summed E-state index contributed by atoms with van der Waals surface area (Å²) in [6, 6.07) is 0. The molecule has 0 aliphatic heterocycles. The minimum atomic E-state index is -7.25. The summed E-state index contributed by atoms with van der Waals surface area (Å²) in [6.07, 6.45) is -14.4. The quantitative estimate of drug-likeness (QED) is 0.0780. The minimum Gasteiger partial charge on any atom is -0.759 e. The maximum absolute atomic E-state index is 13.3. The lowest BCUT2D eigenvalue weighted by Crippen LogP contribution is -2.65. The molecule has 53 heavy (non-hydrogen) atoms. The number of hydrogen-bond acceptors (Lipinski definition) is 8. The van der Waals surface area contributed by atoms with E-state index in [0.717, 1.165) is 9.44 Å². The van der Waals surface area contributed by atoms with E-state index >= 15 is 0 Å². The summed E-state index contributed by atoms with van der Waals surface area (Å²) in [5.74, 6) is -28.9. The van der Waals surface area contributed by atoms with Gasteiger partial charge in [-0.05, 0) is 0 Å². The van der Waals surface area contributed by atoms with Gasteiger partial charge in [-0.3, -0.25) is 8.42 Å². The number of rotatable bonds is 16. The Morgan fingerprint density at radius 3 is 0.774 bits per heavy atom. The molecule has 12 nitrogen and oxygen atoms in total. The molecule has 0 heterocycles. The first-order valence-electron chi connectivity index (χ1n) is 13.1. The molecular formula is C20H32F18N4O8S3. The lowest BCUT2D eigenvalue weighted by molar-refractivity contribution is -0.870. The lowest BCUT2D eigenvalue weighted by atomic mass is 10.1. The van der Waals surface area contributed by atoms with Crippen LogP contribution in [-0.2, 0) is 30.4 Å². The van der Waals surface area contributed by atoms with Crippen molar-refractivity contribution in [3.8, 4) is 0 Å². The highest BCUT2D eigenvalue weighted by molar-refractivity contribution is 7.90. The smallest absolute Gasteiger partial charge is 0.460 e. The summed E-state index contributed by atoms with van der Waals surface area (Å²) >= 11 is 0. The summed E-state index contributed by atoms with van der Waals surface area (Å²) in [4.78, 5) is 0. The molecule has 0 saturated carbocycles. The van der Waals surface area contributed by atoms with Gasteiger partial charge in [-0.25, -0.2) is 26.3 Å². The molecule has 0 aliphatic rings. The van der Waals surface area contributed by atoms with Gasteiger partial charge in [-0.1, -0.05) is 0 Å². The molecule has 0 unspecified atom stereocenters. The predicted molar refractivity (Wildman–Crippen MR) is 141 cm³/mol. The van der Waals surface area contributed by atoms with Crippen molar-refractivity contribution in [1.29, 1.82) is 0 Å². The van der Waals surface area contributed by atoms with Gasteiger partial charge < -0.3 is 18.1 Å². The van der Waals surface area contributed by atoms with Gasteiger partial charge in [0.1, 0.15) is 0 Å². The molecule has 0 aromatic heterocycles. The fourth-order valence-electron chi connectivity index (χ4n) is 2.76. The van der Waals surface area contributed by atoms with Crippen molar-refractivity contribution in [3.05, 3.63) is 0 Å². The van der Waals surface area contributed by atoms with Gasteiger partial charge in [-0.15, -0.1) is 0 Å². The standard InChI is InChI=1S/2C10H16F9N2O2S.H2O4S/c2*1-21(2,3)6-4-5-20-24(22,23)10(18,19)8(13,14)7(11,12)9(15,16)17;1-5(2,3)4/h2*20H,4-6H2,1-3H3;(H2,1,2,3,4)/q2*+1;/p-2. The normalized spacial score (nSPS) is 15.3. The monoisotopic (exact) mass is 894 g/mol. The highest BCUT2D eigenvalue weighted by Crippen LogP contribution is 2.55. The molecule has 0 aliphatic carbocycles. The third-order valence-electron chi connectivity index (χ3n) is 5.50. The second-order valence-electron chi connectivity index (χ2n) is 12.3. The zero-order valence-electron chi connectivity index (χ0n) is 27.4. The van der Waals surface area contributed by atoms with Crippen LogP contribution in [0.4, 0.5) is 79.0 Å². The van der Waals surface area contributed by atoms with Crippen LogP contribution in [0.15, 0.2) is 0 Å². The van der Waals surface area contributed by atoms with Crippen molar-refractivity contribution >= 4 is 30.4 Å². The Kier molecular flexibility index (Phi) is 18.1. The average molecular weight is 895 g/mol. The third kappa shape index (κ3) is 15.1. The zero-order chi connectivity index (χ0) is 44.2. The van der Waals surface area contributed by atoms with Gasteiger partial charge in [-0.2, -0.15) is 79.0 Å². The first kappa shape index (κ1) is 55.7. The lowest BCUT2D eigenvalue weighted by Gasteiger charge is -2.33. The van der Waals surface area contributed by atoms with E-state index < -0.39 is 90.1 Å². The zero-order valence-corrected chi connectivity index (χ0v) is 29.9. The molecule has 2 N–H and O–H groups in total. The summed E-state index contributed by atoms with van der Waals surface area (Å²) < 4.78 is 308. The summed E-state index contributed by atoms with van der Waals surface area (Å²) in [5, 5.41) is -13.4. The molecule has 0 amide bonds. The van der Waals surface area contributed by atoms with Crippen LogP contribution in [0.25, 0.3) is 0 Å². The van der Waals surface area contributed by atoms with E-state index in [9.17, 15) is 95.9 Å². The van der Waals surface area contributed by atoms with E-state index in [1.807, 2.05) is 0 Å². The largest absolute Gasteiger partial charge is 0.759 e. The van der Waals surface area contributed by atoms with Crippen LogP contribution in [0.3, 0.4) is 0 Å². The van der Waals surface area contributed by atoms with E-state index in [1.54, 1.807) is 42.3 Å². The summed E-state index contributed by atoms with van der Waals surface area (Å²) in [5.41, 5.74) is 0. The minimum absolute atomic E-state index is 0.153. The Bertz CT molecular complexity index is 1400. The molecule has 0 aromatic carbocycles. The van der Waals surface area contributed by atoms with Gasteiger partial charge in [0.25, 0.3) is 20.0 Å². The van der Waals surface area contributed by atoms with Crippen molar-refractivity contribution in [1.82, 2.24) is 9.44 Å². The van der Waals surface area contributed by atoms with Crippen LogP contribution in [0.2, 0.25) is 0 Å². The molecule has 0 rings (SSSR count). The maximum Gasteiger partial charge on any atom is 0.460 e. The van der Waals surface area contributed by atoms with Crippen LogP contribution < -0.4 is 9.44 Å². The van der Waals surface area contributed by atoms with Gasteiger partial charge in [0.2, 0.25) is 0 Å². The highest BCUT2D eigenvalue weighted by atomic mass is 32.3. The molecule has 0 atom stereocenters. The molecule has 0 spiro atoms. The topological polar surface area (TPSA) is 173 Å². The molecule has 0 bridgehead atoms.